The van der Waals surface area contributed by atoms with Crippen LogP contribution < -0.4 is 9.47 Å². The van der Waals surface area contributed by atoms with Gasteiger partial charge >= 0.3 is 0 Å². The van der Waals surface area contributed by atoms with Crippen LogP contribution in [0, 0.1) is 0 Å². The van der Waals surface area contributed by atoms with Gasteiger partial charge in [0.2, 0.25) is 5.78 Å². The van der Waals surface area contributed by atoms with Gasteiger partial charge in [0, 0.05) is 19.0 Å². The number of para-hydroxylation sites is 1. The van der Waals surface area contributed by atoms with Gasteiger partial charge in [-0.2, -0.15) is 0 Å². The Morgan fingerprint density at radius 3 is 2.47 bits per heavy atom. The standard InChI is InChI=1S/C30H27NO7/c1-35-15-14-31-27(21-12-13-23(24(17-21)36-2)37-18-19-8-4-3-5-9-19)26(29(33)30(31)34)28(32)25-16-20-10-6-7-11-22(20)38-25/h3-13,16-17,27,33H,14-15,18H2,1-2H3/t27-/m0/s1. The number of fused-ring (bicyclic) bond motifs is 1. The first-order chi connectivity index (χ1) is 18.5. The Morgan fingerprint density at radius 2 is 1.74 bits per heavy atom. The van der Waals surface area contributed by atoms with Crippen molar-refractivity contribution in [1.82, 2.24) is 4.90 Å². The predicted molar refractivity (Wildman–Crippen MR) is 140 cm³/mol. The number of nitrogens with zero attached hydrogens (tertiary/aromatic N) is 1. The largest absolute Gasteiger partial charge is 0.503 e. The summed E-state index contributed by atoms with van der Waals surface area (Å²) in [5, 5.41) is 11.6. The zero-order chi connectivity index (χ0) is 26.6. The van der Waals surface area contributed by atoms with E-state index in [1.165, 1.54) is 19.1 Å². The Kier molecular flexibility index (Phi) is 7.15. The number of amides is 1. The number of benzene rings is 3. The molecule has 2 heterocycles. The molecule has 0 bridgehead atoms. The number of rotatable bonds is 10. The number of hydrogen-bond donors (Lipinski definition) is 1. The van der Waals surface area contributed by atoms with E-state index < -0.39 is 23.5 Å². The molecule has 0 unspecified atom stereocenters. The molecule has 1 N–H and O–H groups in total. The summed E-state index contributed by atoms with van der Waals surface area (Å²) in [5.74, 6) is -0.866. The van der Waals surface area contributed by atoms with Crippen molar-refractivity contribution in [3.8, 4) is 11.5 Å². The lowest BCUT2D eigenvalue weighted by molar-refractivity contribution is -0.130. The minimum absolute atomic E-state index is 0.0360. The second-order valence-corrected chi connectivity index (χ2v) is 8.82. The fraction of sp³-hybridized carbons (Fsp3) is 0.200. The van der Waals surface area contributed by atoms with Gasteiger partial charge in [0.1, 0.15) is 12.2 Å². The monoisotopic (exact) mass is 513 g/mol. The maximum absolute atomic E-state index is 13.7. The number of hydrogen-bond acceptors (Lipinski definition) is 7. The SMILES string of the molecule is COCCN1C(=O)C(O)=C(C(=O)c2cc3ccccc3o2)[C@@H]1c1ccc(OCc2ccccc2)c(OC)c1. The van der Waals surface area contributed by atoms with Crippen molar-refractivity contribution < 1.29 is 33.3 Å². The van der Waals surface area contributed by atoms with Crippen LogP contribution in [-0.2, 0) is 16.1 Å². The average Bonchev–Trinajstić information content (AvgIpc) is 3.50. The summed E-state index contributed by atoms with van der Waals surface area (Å²) < 4.78 is 22.5. The Balaban J connectivity index is 1.51. The molecular weight excluding hydrogens is 486 g/mol. The van der Waals surface area contributed by atoms with E-state index in [0.717, 1.165) is 10.9 Å². The fourth-order valence-corrected chi connectivity index (χ4v) is 4.59. The number of furan rings is 1. The van der Waals surface area contributed by atoms with Crippen LogP contribution in [0.4, 0.5) is 0 Å². The van der Waals surface area contributed by atoms with Gasteiger partial charge in [-0.15, -0.1) is 0 Å². The number of methoxy groups -OCH3 is 2. The topological polar surface area (TPSA) is 98.4 Å². The number of aliphatic hydroxyl groups excluding tert-OH is 1. The average molecular weight is 514 g/mol. The molecule has 1 aliphatic heterocycles. The second-order valence-electron chi connectivity index (χ2n) is 8.82. The first-order valence-electron chi connectivity index (χ1n) is 12.1. The highest BCUT2D eigenvalue weighted by atomic mass is 16.5. The maximum atomic E-state index is 13.7. The molecule has 1 atom stereocenters. The smallest absolute Gasteiger partial charge is 0.290 e. The van der Waals surface area contributed by atoms with Crippen LogP contribution in [0.1, 0.15) is 27.7 Å². The Bertz CT molecular complexity index is 1470. The molecule has 38 heavy (non-hydrogen) atoms. The van der Waals surface area contributed by atoms with Gasteiger partial charge in [0.15, 0.2) is 23.0 Å². The van der Waals surface area contributed by atoms with Crippen molar-refractivity contribution in [2.75, 3.05) is 27.4 Å². The number of ketones is 1. The summed E-state index contributed by atoms with van der Waals surface area (Å²) in [6, 6.07) is 22.9. The third-order valence-electron chi connectivity index (χ3n) is 6.47. The minimum atomic E-state index is -0.879. The quantitative estimate of drug-likeness (QED) is 0.289. The lowest BCUT2D eigenvalue weighted by Gasteiger charge is -2.27. The van der Waals surface area contributed by atoms with E-state index in [4.69, 9.17) is 18.6 Å². The molecule has 0 radical (unpaired) electrons. The molecule has 0 spiro atoms. The minimum Gasteiger partial charge on any atom is -0.503 e. The zero-order valence-corrected chi connectivity index (χ0v) is 21.0. The van der Waals surface area contributed by atoms with Crippen LogP contribution in [0.5, 0.6) is 11.5 Å². The van der Waals surface area contributed by atoms with Crippen molar-refractivity contribution in [2.24, 2.45) is 0 Å². The van der Waals surface area contributed by atoms with E-state index in [0.29, 0.717) is 29.3 Å². The van der Waals surface area contributed by atoms with Crippen LogP contribution in [0.15, 0.2) is 94.6 Å². The molecule has 1 amide bonds. The predicted octanol–water partition coefficient (Wildman–Crippen LogP) is 5.25. The molecule has 5 rings (SSSR count). The summed E-state index contributed by atoms with van der Waals surface area (Å²) >= 11 is 0. The van der Waals surface area contributed by atoms with Crippen molar-refractivity contribution in [3.63, 3.8) is 0 Å². The number of Topliss-reactive ketones (excluding diaryl/α,β-unsaturated/α-hetero) is 1. The number of carbonyl (C=O) groups excluding carboxylic acids is 2. The molecule has 0 saturated carbocycles. The molecule has 0 saturated heterocycles. The number of ether oxygens (including phenoxy) is 3. The molecule has 0 fully saturated rings. The summed E-state index contributed by atoms with van der Waals surface area (Å²) in [7, 11) is 3.04. The normalized spacial score (nSPS) is 15.4. The Hall–Kier alpha value is -4.56. The molecule has 1 aliphatic rings. The fourth-order valence-electron chi connectivity index (χ4n) is 4.59. The van der Waals surface area contributed by atoms with Gasteiger partial charge in [-0.25, -0.2) is 0 Å². The lowest BCUT2D eigenvalue weighted by Crippen LogP contribution is -2.34. The van der Waals surface area contributed by atoms with Crippen LogP contribution in [0.3, 0.4) is 0 Å². The first kappa shape index (κ1) is 25.1. The van der Waals surface area contributed by atoms with Gasteiger partial charge < -0.3 is 28.6 Å². The Labute approximate surface area is 219 Å². The summed E-state index contributed by atoms with van der Waals surface area (Å²) in [4.78, 5) is 28.2. The molecule has 8 nitrogen and oxygen atoms in total. The van der Waals surface area contributed by atoms with Crippen LogP contribution in [-0.4, -0.2) is 49.1 Å². The second kappa shape index (κ2) is 10.8. The highest BCUT2D eigenvalue weighted by molar-refractivity contribution is 6.16. The molecule has 3 aromatic carbocycles. The molecule has 8 heteroatoms. The summed E-state index contributed by atoms with van der Waals surface area (Å²) in [5.41, 5.74) is 2.04. The highest BCUT2D eigenvalue weighted by Crippen LogP contribution is 2.42. The van der Waals surface area contributed by atoms with Crippen LogP contribution in [0.25, 0.3) is 11.0 Å². The van der Waals surface area contributed by atoms with Gasteiger partial charge in [-0.05, 0) is 35.4 Å². The highest BCUT2D eigenvalue weighted by Gasteiger charge is 2.44. The van der Waals surface area contributed by atoms with Gasteiger partial charge in [-0.1, -0.05) is 54.6 Å². The number of carbonyl (C=O) groups is 2. The lowest BCUT2D eigenvalue weighted by atomic mass is 9.94. The van der Waals surface area contributed by atoms with Gasteiger partial charge in [-0.3, -0.25) is 9.59 Å². The third-order valence-corrected chi connectivity index (χ3v) is 6.47. The van der Waals surface area contributed by atoms with E-state index in [-0.39, 0.29) is 24.5 Å². The van der Waals surface area contributed by atoms with E-state index >= 15 is 0 Å². The summed E-state index contributed by atoms with van der Waals surface area (Å²) in [6.07, 6.45) is 0. The Morgan fingerprint density at radius 1 is 0.974 bits per heavy atom. The third kappa shape index (κ3) is 4.73. The van der Waals surface area contributed by atoms with E-state index in [2.05, 4.69) is 0 Å². The first-order valence-corrected chi connectivity index (χ1v) is 12.1. The molecular formula is C30H27NO7. The van der Waals surface area contributed by atoms with Crippen molar-refractivity contribution in [3.05, 3.63) is 107 Å². The maximum Gasteiger partial charge on any atom is 0.290 e. The van der Waals surface area contributed by atoms with Crippen LogP contribution >= 0.6 is 0 Å². The van der Waals surface area contributed by atoms with E-state index in [1.54, 1.807) is 36.4 Å². The van der Waals surface area contributed by atoms with Crippen molar-refractivity contribution in [2.45, 2.75) is 12.6 Å². The molecule has 194 valence electrons. The number of aliphatic hydroxyl groups is 1. The van der Waals surface area contributed by atoms with Crippen molar-refractivity contribution in [1.29, 1.82) is 0 Å². The van der Waals surface area contributed by atoms with E-state index in [9.17, 15) is 14.7 Å². The molecule has 0 aliphatic carbocycles. The zero-order valence-electron chi connectivity index (χ0n) is 21.0. The van der Waals surface area contributed by atoms with Crippen LogP contribution in [0.2, 0.25) is 0 Å². The molecule has 4 aromatic rings. The van der Waals surface area contributed by atoms with Gasteiger partial charge in [0.25, 0.3) is 5.91 Å². The van der Waals surface area contributed by atoms with E-state index in [1.807, 2.05) is 42.5 Å². The van der Waals surface area contributed by atoms with Crippen molar-refractivity contribution >= 4 is 22.7 Å². The molecule has 1 aromatic heterocycles. The summed E-state index contributed by atoms with van der Waals surface area (Å²) in [6.45, 7) is 0.724. The van der Waals surface area contributed by atoms with Gasteiger partial charge in [0.05, 0.1) is 25.3 Å².